The second-order valence-electron chi connectivity index (χ2n) is 4.40. The molecule has 0 unspecified atom stereocenters. The number of nitrogens with one attached hydrogen (secondary N) is 1. The number of halogens is 4. The first kappa shape index (κ1) is 18.1. The number of likely N-dealkylation sites (N-methyl/N-ethyl adjacent to an activating group) is 1. The average molecular weight is 339 g/mol. The van der Waals surface area contributed by atoms with E-state index in [0.717, 1.165) is 4.90 Å². The van der Waals surface area contributed by atoms with Crippen LogP contribution >= 0.6 is 11.6 Å². The first-order valence-corrected chi connectivity index (χ1v) is 6.44. The molecule has 0 atom stereocenters. The van der Waals surface area contributed by atoms with Gasteiger partial charge in [-0.15, -0.1) is 0 Å². The maximum Gasteiger partial charge on any atom is 0.405 e. The third-order valence-electron chi connectivity index (χ3n) is 2.61. The van der Waals surface area contributed by atoms with Crippen molar-refractivity contribution in [3.8, 4) is 5.75 Å². The Morgan fingerprint density at radius 3 is 2.55 bits per heavy atom. The van der Waals surface area contributed by atoms with Gasteiger partial charge in [0, 0.05) is 12.1 Å². The summed E-state index contributed by atoms with van der Waals surface area (Å²) in [7, 11) is 2.64. The number of nitrogens with zero attached hydrogens (tertiary/aromatic N) is 1. The van der Waals surface area contributed by atoms with Gasteiger partial charge in [0.25, 0.3) is 5.91 Å². The highest BCUT2D eigenvalue weighted by atomic mass is 35.5. The minimum Gasteiger partial charge on any atom is -0.496 e. The SMILES string of the molecule is COc1cc(Cl)ccc1C(=O)N(C)CC(=O)NCC(F)(F)F. The molecule has 9 heteroatoms. The van der Waals surface area contributed by atoms with Crippen LogP contribution < -0.4 is 10.1 Å². The normalized spacial score (nSPS) is 11.0. The smallest absolute Gasteiger partial charge is 0.405 e. The van der Waals surface area contributed by atoms with Gasteiger partial charge in [0.15, 0.2) is 0 Å². The highest BCUT2D eigenvalue weighted by Gasteiger charge is 2.28. The van der Waals surface area contributed by atoms with Gasteiger partial charge < -0.3 is 15.0 Å². The standard InChI is InChI=1S/C13H14ClF3N2O3/c1-19(6-11(20)18-7-13(15,16)17)12(21)9-4-3-8(14)5-10(9)22-2/h3-5H,6-7H2,1-2H3,(H,18,20). The summed E-state index contributed by atoms with van der Waals surface area (Å²) in [6, 6.07) is 4.30. The van der Waals surface area contributed by atoms with Gasteiger partial charge in [0.2, 0.25) is 5.91 Å². The van der Waals surface area contributed by atoms with E-state index in [0.29, 0.717) is 5.02 Å². The zero-order chi connectivity index (χ0) is 16.9. The molecule has 0 radical (unpaired) electrons. The number of alkyl halides is 3. The van der Waals surface area contributed by atoms with Crippen molar-refractivity contribution >= 4 is 23.4 Å². The predicted octanol–water partition coefficient (Wildman–Crippen LogP) is 2.10. The summed E-state index contributed by atoms with van der Waals surface area (Å²) in [5, 5.41) is 2.05. The average Bonchev–Trinajstić information content (AvgIpc) is 2.43. The summed E-state index contributed by atoms with van der Waals surface area (Å²) in [5.41, 5.74) is 0.151. The Morgan fingerprint density at radius 1 is 1.36 bits per heavy atom. The van der Waals surface area contributed by atoms with Crippen LogP contribution in [-0.4, -0.2) is 50.1 Å². The fraction of sp³-hybridized carbons (Fsp3) is 0.385. The van der Waals surface area contributed by atoms with Gasteiger partial charge in [0.1, 0.15) is 12.3 Å². The highest BCUT2D eigenvalue weighted by Crippen LogP contribution is 2.24. The van der Waals surface area contributed by atoms with Crippen LogP contribution in [-0.2, 0) is 4.79 Å². The number of carbonyl (C=O) groups excluding carboxylic acids is 2. The van der Waals surface area contributed by atoms with Gasteiger partial charge in [-0.25, -0.2) is 0 Å². The minimum absolute atomic E-state index is 0.151. The Balaban J connectivity index is 2.71. The maximum atomic E-state index is 12.2. The molecule has 22 heavy (non-hydrogen) atoms. The molecule has 122 valence electrons. The molecule has 0 aromatic heterocycles. The number of hydrogen-bond acceptors (Lipinski definition) is 3. The van der Waals surface area contributed by atoms with Gasteiger partial charge in [-0.3, -0.25) is 9.59 Å². The number of hydrogen-bond donors (Lipinski definition) is 1. The lowest BCUT2D eigenvalue weighted by molar-refractivity contribution is -0.138. The highest BCUT2D eigenvalue weighted by molar-refractivity contribution is 6.30. The van der Waals surface area contributed by atoms with Crippen LogP contribution in [0, 0.1) is 0 Å². The minimum atomic E-state index is -4.50. The number of carbonyl (C=O) groups is 2. The van der Waals surface area contributed by atoms with Crippen LogP contribution in [0.3, 0.4) is 0 Å². The van der Waals surface area contributed by atoms with Crippen molar-refractivity contribution in [2.24, 2.45) is 0 Å². The van der Waals surface area contributed by atoms with E-state index in [1.54, 1.807) is 5.32 Å². The fourth-order valence-electron chi connectivity index (χ4n) is 1.59. The lowest BCUT2D eigenvalue weighted by Crippen LogP contribution is -2.41. The maximum absolute atomic E-state index is 12.2. The van der Waals surface area contributed by atoms with Crippen molar-refractivity contribution in [2.45, 2.75) is 6.18 Å². The zero-order valence-electron chi connectivity index (χ0n) is 11.8. The van der Waals surface area contributed by atoms with Crippen molar-refractivity contribution in [1.82, 2.24) is 10.2 Å². The van der Waals surface area contributed by atoms with E-state index < -0.39 is 31.1 Å². The van der Waals surface area contributed by atoms with Crippen LogP contribution in [0.5, 0.6) is 5.75 Å². The summed E-state index contributed by atoms with van der Waals surface area (Å²) in [6.07, 6.45) is -4.50. The summed E-state index contributed by atoms with van der Waals surface area (Å²) >= 11 is 5.77. The molecule has 1 aromatic rings. The number of methoxy groups -OCH3 is 1. The first-order valence-electron chi connectivity index (χ1n) is 6.06. The molecule has 0 fully saturated rings. The molecule has 0 aliphatic rings. The Morgan fingerprint density at radius 2 is 2.00 bits per heavy atom. The van der Waals surface area contributed by atoms with Crippen LogP contribution in [0.25, 0.3) is 0 Å². The van der Waals surface area contributed by atoms with Crippen LogP contribution in [0.15, 0.2) is 18.2 Å². The molecule has 2 amide bonds. The second-order valence-corrected chi connectivity index (χ2v) is 4.83. The van der Waals surface area contributed by atoms with Crippen molar-refractivity contribution in [3.63, 3.8) is 0 Å². The van der Waals surface area contributed by atoms with Crippen molar-refractivity contribution in [1.29, 1.82) is 0 Å². The van der Waals surface area contributed by atoms with Crippen molar-refractivity contribution in [3.05, 3.63) is 28.8 Å². The number of amides is 2. The van der Waals surface area contributed by atoms with Gasteiger partial charge >= 0.3 is 6.18 Å². The van der Waals surface area contributed by atoms with E-state index in [-0.39, 0.29) is 11.3 Å². The van der Waals surface area contributed by atoms with E-state index in [9.17, 15) is 22.8 Å². The molecule has 0 bridgehead atoms. The summed E-state index contributed by atoms with van der Waals surface area (Å²) < 4.78 is 41.0. The molecular weight excluding hydrogens is 325 g/mol. The third-order valence-corrected chi connectivity index (χ3v) is 2.84. The van der Waals surface area contributed by atoms with Crippen LogP contribution in [0.2, 0.25) is 5.02 Å². The molecule has 0 heterocycles. The fourth-order valence-corrected chi connectivity index (χ4v) is 1.75. The van der Waals surface area contributed by atoms with Gasteiger partial charge in [-0.2, -0.15) is 13.2 Å². The van der Waals surface area contributed by atoms with E-state index in [1.807, 2.05) is 0 Å². The Hall–Kier alpha value is -1.96. The summed E-state index contributed by atoms with van der Waals surface area (Å²) in [6.45, 7) is -1.96. The van der Waals surface area contributed by atoms with E-state index in [2.05, 4.69) is 0 Å². The largest absolute Gasteiger partial charge is 0.496 e. The second kappa shape index (κ2) is 7.35. The molecule has 1 N–H and O–H groups in total. The van der Waals surface area contributed by atoms with Gasteiger partial charge in [-0.05, 0) is 18.2 Å². The van der Waals surface area contributed by atoms with E-state index in [1.165, 1.54) is 32.4 Å². The van der Waals surface area contributed by atoms with Crippen molar-refractivity contribution in [2.75, 3.05) is 27.2 Å². The Kier molecular flexibility index (Phi) is 6.04. The molecule has 0 aliphatic heterocycles. The monoisotopic (exact) mass is 338 g/mol. The molecule has 1 aromatic carbocycles. The summed E-state index contributed by atoms with van der Waals surface area (Å²) in [4.78, 5) is 24.5. The topological polar surface area (TPSA) is 58.6 Å². The Bertz CT molecular complexity index is 564. The first-order chi connectivity index (χ1) is 10.1. The zero-order valence-corrected chi connectivity index (χ0v) is 12.6. The lowest BCUT2D eigenvalue weighted by atomic mass is 10.1. The van der Waals surface area contributed by atoms with Crippen LogP contribution in [0.4, 0.5) is 13.2 Å². The van der Waals surface area contributed by atoms with Crippen LogP contribution in [0.1, 0.15) is 10.4 Å². The number of benzene rings is 1. The molecule has 0 saturated heterocycles. The van der Waals surface area contributed by atoms with E-state index in [4.69, 9.17) is 16.3 Å². The van der Waals surface area contributed by atoms with Gasteiger partial charge in [0.05, 0.1) is 19.2 Å². The lowest BCUT2D eigenvalue weighted by Gasteiger charge is -2.18. The number of rotatable bonds is 5. The number of ether oxygens (including phenoxy) is 1. The Labute approximate surface area is 130 Å². The van der Waals surface area contributed by atoms with Gasteiger partial charge in [-0.1, -0.05) is 11.6 Å². The van der Waals surface area contributed by atoms with Crippen molar-refractivity contribution < 1.29 is 27.5 Å². The molecule has 1 rings (SSSR count). The molecular formula is C13H14ClF3N2O3. The molecule has 5 nitrogen and oxygen atoms in total. The summed E-state index contributed by atoms with van der Waals surface area (Å²) in [5.74, 6) is -1.28. The predicted molar refractivity (Wildman–Crippen MR) is 74.0 cm³/mol. The quantitative estimate of drug-likeness (QED) is 0.894. The third kappa shape index (κ3) is 5.44. The molecule has 0 spiro atoms. The molecule has 0 saturated carbocycles. The molecule has 0 aliphatic carbocycles. The van der Waals surface area contributed by atoms with E-state index >= 15 is 0 Å².